The second-order valence-corrected chi connectivity index (χ2v) is 6.29. The molecule has 2 N–H and O–H groups in total. The number of aliphatic hydroxyl groups is 1. The van der Waals surface area contributed by atoms with Gasteiger partial charge >= 0.3 is 0 Å². The summed E-state index contributed by atoms with van der Waals surface area (Å²) in [6.45, 7) is 5.06. The van der Waals surface area contributed by atoms with Crippen LogP contribution < -0.4 is 10.1 Å². The zero-order valence-corrected chi connectivity index (χ0v) is 15.0. The summed E-state index contributed by atoms with van der Waals surface area (Å²) >= 11 is 6.15. The van der Waals surface area contributed by atoms with Crippen LogP contribution in [0.15, 0.2) is 48.5 Å². The monoisotopic (exact) mass is 355 g/mol. The van der Waals surface area contributed by atoms with Crippen LogP contribution in [0.3, 0.4) is 0 Å². The first-order chi connectivity index (χ1) is 10.5. The molecule has 0 atom stereocenters. The van der Waals surface area contributed by atoms with Crippen LogP contribution in [-0.4, -0.2) is 17.3 Å². The first kappa shape index (κ1) is 19.8. The lowest BCUT2D eigenvalue weighted by Gasteiger charge is -2.24. The van der Waals surface area contributed by atoms with Crippen LogP contribution in [0.4, 0.5) is 0 Å². The lowest BCUT2D eigenvalue weighted by molar-refractivity contribution is 0.186. The maximum Gasteiger partial charge on any atom is 0.124 e. The highest BCUT2D eigenvalue weighted by atomic mass is 35.5. The molecule has 0 aliphatic heterocycles. The zero-order chi connectivity index (χ0) is 16.0. The highest BCUT2D eigenvalue weighted by Gasteiger charge is 2.16. The van der Waals surface area contributed by atoms with E-state index in [-0.39, 0.29) is 24.6 Å². The van der Waals surface area contributed by atoms with E-state index in [1.807, 2.05) is 62.4 Å². The van der Waals surface area contributed by atoms with Crippen molar-refractivity contribution in [3.8, 4) is 5.75 Å². The van der Waals surface area contributed by atoms with E-state index in [4.69, 9.17) is 16.3 Å². The van der Waals surface area contributed by atoms with Crippen LogP contribution >= 0.6 is 24.0 Å². The largest absolute Gasteiger partial charge is 0.489 e. The third-order valence-electron chi connectivity index (χ3n) is 3.47. The van der Waals surface area contributed by atoms with E-state index < -0.39 is 0 Å². The number of halogens is 2. The molecule has 0 saturated heterocycles. The molecule has 2 aromatic carbocycles. The molecule has 23 heavy (non-hydrogen) atoms. The normalized spacial score (nSPS) is 11.0. The Balaban J connectivity index is 0.00000264. The summed E-state index contributed by atoms with van der Waals surface area (Å²) in [7, 11) is 0. The van der Waals surface area contributed by atoms with Crippen molar-refractivity contribution in [2.75, 3.05) is 6.61 Å². The molecular formula is C18H23Cl2NO2. The molecule has 5 heteroatoms. The lowest BCUT2D eigenvalue weighted by Crippen LogP contribution is -2.42. The van der Waals surface area contributed by atoms with Crippen molar-refractivity contribution >= 4 is 24.0 Å². The van der Waals surface area contributed by atoms with E-state index in [0.29, 0.717) is 18.2 Å². The molecule has 2 aromatic rings. The van der Waals surface area contributed by atoms with E-state index >= 15 is 0 Å². The van der Waals surface area contributed by atoms with Crippen LogP contribution in [0.5, 0.6) is 5.75 Å². The Bertz CT molecular complexity index is 617. The summed E-state index contributed by atoms with van der Waals surface area (Å²) in [4.78, 5) is 0. The summed E-state index contributed by atoms with van der Waals surface area (Å²) in [5.74, 6) is 0.823. The van der Waals surface area contributed by atoms with E-state index in [1.165, 1.54) is 0 Å². The number of nitrogens with one attached hydrogen (secondary N) is 1. The van der Waals surface area contributed by atoms with E-state index in [0.717, 1.165) is 16.9 Å². The molecule has 0 fully saturated rings. The molecule has 0 amide bonds. The molecule has 126 valence electrons. The molecule has 0 heterocycles. The summed E-state index contributed by atoms with van der Waals surface area (Å²) in [5.41, 5.74) is 1.69. The van der Waals surface area contributed by atoms with Gasteiger partial charge in [-0.15, -0.1) is 12.4 Å². The van der Waals surface area contributed by atoms with Crippen LogP contribution in [0.1, 0.15) is 25.0 Å². The Morgan fingerprint density at radius 2 is 1.65 bits per heavy atom. The number of hydrogen-bond acceptors (Lipinski definition) is 3. The van der Waals surface area contributed by atoms with Gasteiger partial charge in [0.25, 0.3) is 0 Å². The number of hydrogen-bond donors (Lipinski definition) is 2. The number of benzene rings is 2. The highest BCUT2D eigenvalue weighted by Crippen LogP contribution is 2.22. The zero-order valence-electron chi connectivity index (χ0n) is 13.4. The fraction of sp³-hybridized carbons (Fsp3) is 0.333. The van der Waals surface area contributed by atoms with Gasteiger partial charge in [-0.1, -0.05) is 48.0 Å². The van der Waals surface area contributed by atoms with E-state index in [9.17, 15) is 5.11 Å². The van der Waals surface area contributed by atoms with Crippen molar-refractivity contribution in [2.45, 2.75) is 32.5 Å². The SMILES string of the molecule is CC(C)(CO)NCc1ccccc1OCc1ccccc1Cl.Cl. The maximum atomic E-state index is 9.32. The molecule has 0 spiro atoms. The molecule has 0 saturated carbocycles. The Labute approximate surface area is 149 Å². The topological polar surface area (TPSA) is 41.5 Å². The average Bonchev–Trinajstić information content (AvgIpc) is 2.53. The molecule has 0 aliphatic carbocycles. The summed E-state index contributed by atoms with van der Waals surface area (Å²) in [6, 6.07) is 15.5. The third-order valence-corrected chi connectivity index (χ3v) is 3.84. The molecule has 0 radical (unpaired) electrons. The van der Waals surface area contributed by atoms with Gasteiger partial charge in [-0.3, -0.25) is 0 Å². The van der Waals surface area contributed by atoms with Crippen LogP contribution in [0.25, 0.3) is 0 Å². The number of ether oxygens (including phenoxy) is 1. The van der Waals surface area contributed by atoms with Gasteiger partial charge in [0.15, 0.2) is 0 Å². The van der Waals surface area contributed by atoms with Crippen molar-refractivity contribution in [2.24, 2.45) is 0 Å². The van der Waals surface area contributed by atoms with Gasteiger partial charge in [0.1, 0.15) is 12.4 Å². The van der Waals surface area contributed by atoms with Gasteiger partial charge in [0, 0.05) is 28.2 Å². The molecular weight excluding hydrogens is 333 g/mol. The maximum absolute atomic E-state index is 9.32. The second-order valence-electron chi connectivity index (χ2n) is 5.88. The quantitative estimate of drug-likeness (QED) is 0.781. The van der Waals surface area contributed by atoms with Gasteiger partial charge in [-0.2, -0.15) is 0 Å². The highest BCUT2D eigenvalue weighted by molar-refractivity contribution is 6.31. The van der Waals surface area contributed by atoms with Crippen molar-refractivity contribution in [1.29, 1.82) is 0 Å². The lowest BCUT2D eigenvalue weighted by atomic mass is 10.1. The van der Waals surface area contributed by atoms with Gasteiger partial charge in [0.05, 0.1) is 6.61 Å². The minimum absolute atomic E-state index is 0. The van der Waals surface area contributed by atoms with Crippen molar-refractivity contribution in [1.82, 2.24) is 5.32 Å². The van der Waals surface area contributed by atoms with Gasteiger partial charge in [-0.05, 0) is 26.0 Å². The van der Waals surface area contributed by atoms with Crippen LogP contribution in [0.2, 0.25) is 5.02 Å². The van der Waals surface area contributed by atoms with Crippen LogP contribution in [-0.2, 0) is 13.2 Å². The minimum Gasteiger partial charge on any atom is -0.489 e. The van der Waals surface area contributed by atoms with Crippen molar-refractivity contribution in [3.05, 3.63) is 64.7 Å². The Morgan fingerprint density at radius 1 is 1.04 bits per heavy atom. The Hall–Kier alpha value is -1.26. The molecule has 0 bridgehead atoms. The van der Waals surface area contributed by atoms with Crippen molar-refractivity contribution < 1.29 is 9.84 Å². The minimum atomic E-state index is -0.324. The predicted octanol–water partition coefficient (Wildman–Crippen LogP) is 4.20. The molecule has 0 unspecified atom stereocenters. The first-order valence-electron chi connectivity index (χ1n) is 7.32. The Morgan fingerprint density at radius 3 is 2.30 bits per heavy atom. The number of aliphatic hydroxyl groups excluding tert-OH is 1. The number of para-hydroxylation sites is 1. The third kappa shape index (κ3) is 6.04. The summed E-state index contributed by atoms with van der Waals surface area (Å²) in [5, 5.41) is 13.3. The number of rotatable bonds is 7. The van der Waals surface area contributed by atoms with E-state index in [2.05, 4.69) is 5.32 Å². The smallest absolute Gasteiger partial charge is 0.124 e. The second kappa shape index (κ2) is 9.14. The van der Waals surface area contributed by atoms with Gasteiger partial charge in [-0.25, -0.2) is 0 Å². The fourth-order valence-electron chi connectivity index (χ4n) is 1.95. The van der Waals surface area contributed by atoms with Crippen molar-refractivity contribution in [3.63, 3.8) is 0 Å². The van der Waals surface area contributed by atoms with Gasteiger partial charge in [0.2, 0.25) is 0 Å². The molecule has 0 aliphatic rings. The summed E-state index contributed by atoms with van der Waals surface area (Å²) in [6.07, 6.45) is 0. The fourth-order valence-corrected chi connectivity index (χ4v) is 2.14. The standard InChI is InChI=1S/C18H22ClNO2.ClH/c1-18(2,13-21)20-11-14-7-4-6-10-17(14)22-12-15-8-3-5-9-16(15)19;/h3-10,20-21H,11-13H2,1-2H3;1H. The molecule has 3 nitrogen and oxygen atoms in total. The molecule has 0 aromatic heterocycles. The van der Waals surface area contributed by atoms with Gasteiger partial charge < -0.3 is 15.2 Å². The average molecular weight is 356 g/mol. The molecule has 2 rings (SSSR count). The Kier molecular flexibility index (Phi) is 7.86. The first-order valence-corrected chi connectivity index (χ1v) is 7.69. The van der Waals surface area contributed by atoms with E-state index in [1.54, 1.807) is 0 Å². The van der Waals surface area contributed by atoms with Crippen LogP contribution in [0, 0.1) is 0 Å². The predicted molar refractivity (Wildman–Crippen MR) is 97.5 cm³/mol. The summed E-state index contributed by atoms with van der Waals surface area (Å²) < 4.78 is 5.92.